The van der Waals surface area contributed by atoms with E-state index in [1.807, 2.05) is 0 Å². The van der Waals surface area contributed by atoms with E-state index in [0.29, 0.717) is 19.3 Å². The molecule has 0 aromatic carbocycles. The molecule has 0 rings (SSSR count). The lowest BCUT2D eigenvalue weighted by Gasteiger charge is -2.21. The Morgan fingerprint density at radius 3 is 1.01 bits per heavy atom. The second-order valence-corrected chi connectivity index (χ2v) is 22.0. The first kappa shape index (κ1) is 72.9. The summed E-state index contributed by atoms with van der Waals surface area (Å²) in [6, 6.07) is 0. The fourth-order valence-electron chi connectivity index (χ4n) is 8.37. The molecule has 3 atom stereocenters. The van der Waals surface area contributed by atoms with Crippen LogP contribution in [0.2, 0.25) is 0 Å². The van der Waals surface area contributed by atoms with Gasteiger partial charge in [-0.25, -0.2) is 4.57 Å². The molecule has 11 nitrogen and oxygen atoms in total. The summed E-state index contributed by atoms with van der Waals surface area (Å²) in [6.07, 6.45) is 65.6. The molecule has 0 aromatic rings. The highest BCUT2D eigenvalue weighted by molar-refractivity contribution is 7.47. The van der Waals surface area contributed by atoms with E-state index in [4.69, 9.17) is 23.3 Å². The summed E-state index contributed by atoms with van der Waals surface area (Å²) >= 11 is 0. The number of carbonyl (C=O) groups excluding carboxylic acids is 3. The number of esters is 3. The number of phosphoric ester groups is 1. The van der Waals surface area contributed by atoms with Crippen molar-refractivity contribution >= 4 is 25.7 Å². The van der Waals surface area contributed by atoms with Crippen molar-refractivity contribution in [1.29, 1.82) is 0 Å². The van der Waals surface area contributed by atoms with Crippen molar-refractivity contribution < 1.29 is 52.2 Å². The molecule has 0 bridgehead atoms. The van der Waals surface area contributed by atoms with E-state index in [1.54, 1.807) is 0 Å². The van der Waals surface area contributed by atoms with E-state index < -0.39 is 57.8 Å². The maximum Gasteiger partial charge on any atom is 0.472 e. The van der Waals surface area contributed by atoms with Crippen LogP contribution in [0, 0.1) is 0 Å². The Balaban J connectivity index is 4.76. The van der Waals surface area contributed by atoms with E-state index in [1.165, 1.54) is 96.3 Å². The molecule has 0 aromatic heterocycles. The van der Waals surface area contributed by atoms with E-state index in [2.05, 4.69) is 93.7 Å². The average Bonchev–Trinajstić information content (AvgIpc) is 3.41. The van der Waals surface area contributed by atoms with Crippen molar-refractivity contribution in [2.24, 2.45) is 0 Å². The van der Waals surface area contributed by atoms with Gasteiger partial charge < -0.3 is 24.2 Å². The molecule has 0 heterocycles. The van der Waals surface area contributed by atoms with Crippen molar-refractivity contribution in [2.75, 3.05) is 26.4 Å². The van der Waals surface area contributed by atoms with Gasteiger partial charge in [-0.15, -0.1) is 0 Å². The molecule has 0 aliphatic heterocycles. The van der Waals surface area contributed by atoms with E-state index in [-0.39, 0.29) is 25.9 Å². The van der Waals surface area contributed by atoms with Gasteiger partial charge in [-0.1, -0.05) is 235 Å². The number of aliphatic hydroxyl groups is 1. The Morgan fingerprint density at radius 1 is 0.368 bits per heavy atom. The van der Waals surface area contributed by atoms with Crippen LogP contribution >= 0.6 is 7.82 Å². The van der Waals surface area contributed by atoms with Crippen LogP contribution in [0.5, 0.6) is 0 Å². The van der Waals surface area contributed by atoms with Crippen molar-refractivity contribution in [3.8, 4) is 0 Å². The Morgan fingerprint density at radius 2 is 0.645 bits per heavy atom. The molecule has 0 fully saturated rings. The Labute approximate surface area is 465 Å². The van der Waals surface area contributed by atoms with Gasteiger partial charge in [-0.2, -0.15) is 0 Å². The number of phosphoric acid groups is 1. The Bertz CT molecular complexity index is 1550. The van der Waals surface area contributed by atoms with Crippen LogP contribution in [0.4, 0.5) is 0 Å². The highest BCUT2D eigenvalue weighted by atomic mass is 31.2. The second kappa shape index (κ2) is 58.1. The van der Waals surface area contributed by atoms with Gasteiger partial charge in [-0.05, 0) is 96.3 Å². The third-order valence-corrected chi connectivity index (χ3v) is 14.1. The van der Waals surface area contributed by atoms with Crippen LogP contribution in [0.1, 0.15) is 278 Å². The number of hydrogen-bond donors (Lipinski definition) is 2. The standard InChI is InChI=1S/C64H113O11P/c1-4-7-10-13-16-19-22-24-26-28-30-32-34-36-39-41-44-47-50-53-62(66)71-57-61(75-64(68)55-52-49-46-43-40-37-35-33-31-29-27-25-23-20-17-14-11-8-5-2)59-73-76(69,70)72-58-60(56-65)74-63(67)54-51-48-45-42-38-21-18-15-12-9-6-3/h16-17,19-20,24-27,30-33,60-61,65H,4-15,18,21-23,28-29,34-59H2,1-3H3,(H,69,70)/b19-16-,20-17-,26-24-,27-25-,32-30-,33-31-. The molecule has 0 aliphatic carbocycles. The van der Waals surface area contributed by atoms with Crippen molar-refractivity contribution in [2.45, 2.75) is 290 Å². The molecule has 0 amide bonds. The predicted octanol–water partition coefficient (Wildman–Crippen LogP) is 18.5. The van der Waals surface area contributed by atoms with Crippen LogP contribution < -0.4 is 0 Å². The molecule has 3 unspecified atom stereocenters. The molecule has 0 saturated carbocycles. The summed E-state index contributed by atoms with van der Waals surface area (Å²) in [5.41, 5.74) is 0. The zero-order valence-corrected chi connectivity index (χ0v) is 49.6. The molecule has 12 heteroatoms. The number of unbranched alkanes of at least 4 members (excludes halogenated alkanes) is 28. The molecule has 0 radical (unpaired) electrons. The zero-order chi connectivity index (χ0) is 55.5. The third-order valence-electron chi connectivity index (χ3n) is 13.1. The number of carbonyl (C=O) groups is 3. The van der Waals surface area contributed by atoms with E-state index in [9.17, 15) is 28.9 Å². The molecule has 2 N–H and O–H groups in total. The van der Waals surface area contributed by atoms with E-state index >= 15 is 0 Å². The van der Waals surface area contributed by atoms with Gasteiger partial charge in [-0.3, -0.25) is 23.4 Å². The normalized spacial score (nSPS) is 13.8. The largest absolute Gasteiger partial charge is 0.472 e. The number of ether oxygens (including phenoxy) is 3. The quantitative estimate of drug-likeness (QED) is 0.0197. The van der Waals surface area contributed by atoms with Gasteiger partial charge in [0, 0.05) is 19.3 Å². The number of allylic oxidation sites excluding steroid dienone is 12. The van der Waals surface area contributed by atoms with Crippen molar-refractivity contribution in [1.82, 2.24) is 0 Å². The van der Waals surface area contributed by atoms with Crippen molar-refractivity contribution in [3.63, 3.8) is 0 Å². The minimum Gasteiger partial charge on any atom is -0.462 e. The summed E-state index contributed by atoms with van der Waals surface area (Å²) < 4.78 is 39.6. The van der Waals surface area contributed by atoms with Gasteiger partial charge in [0.05, 0.1) is 19.8 Å². The monoisotopic (exact) mass is 1090 g/mol. The van der Waals surface area contributed by atoms with Crippen LogP contribution in [0.3, 0.4) is 0 Å². The van der Waals surface area contributed by atoms with Crippen LogP contribution in [0.25, 0.3) is 0 Å². The highest BCUT2D eigenvalue weighted by Gasteiger charge is 2.28. The molecular formula is C64H113O11P. The van der Waals surface area contributed by atoms with Gasteiger partial charge in [0.1, 0.15) is 12.7 Å². The lowest BCUT2D eigenvalue weighted by atomic mass is 10.1. The SMILES string of the molecule is CCCCC/C=C\C/C=C\C/C=C\CCCCCCCCC(=O)OCC(COP(=O)(O)OCC(CO)OC(=O)CCCCCCCCCCCCC)OC(=O)CCCCCCCC/C=C\C/C=C\C/C=C\CCCCC. The van der Waals surface area contributed by atoms with E-state index in [0.717, 1.165) is 122 Å². The lowest BCUT2D eigenvalue weighted by Crippen LogP contribution is -2.30. The lowest BCUT2D eigenvalue weighted by molar-refractivity contribution is -0.161. The van der Waals surface area contributed by atoms with Gasteiger partial charge in [0.15, 0.2) is 6.10 Å². The predicted molar refractivity (Wildman–Crippen MR) is 316 cm³/mol. The van der Waals surface area contributed by atoms with Crippen molar-refractivity contribution in [3.05, 3.63) is 72.9 Å². The fourth-order valence-corrected chi connectivity index (χ4v) is 9.15. The molecule has 0 aliphatic rings. The van der Waals surface area contributed by atoms with Crippen LogP contribution in [-0.4, -0.2) is 66.5 Å². The molecule has 0 spiro atoms. The van der Waals surface area contributed by atoms with Gasteiger partial charge in [0.25, 0.3) is 0 Å². The topological polar surface area (TPSA) is 155 Å². The summed E-state index contributed by atoms with van der Waals surface area (Å²) in [4.78, 5) is 48.6. The first-order chi connectivity index (χ1) is 37.2. The summed E-state index contributed by atoms with van der Waals surface area (Å²) in [5.74, 6) is -1.49. The molecule has 440 valence electrons. The zero-order valence-electron chi connectivity index (χ0n) is 48.7. The number of aliphatic hydroxyl groups excluding tert-OH is 1. The number of rotatable bonds is 57. The average molecular weight is 1090 g/mol. The van der Waals surface area contributed by atoms with Gasteiger partial charge in [0.2, 0.25) is 0 Å². The molecular weight excluding hydrogens is 976 g/mol. The fraction of sp³-hybridized carbons (Fsp3) is 0.766. The second-order valence-electron chi connectivity index (χ2n) is 20.5. The highest BCUT2D eigenvalue weighted by Crippen LogP contribution is 2.43. The first-order valence-electron chi connectivity index (χ1n) is 30.8. The third kappa shape index (κ3) is 55.7. The minimum absolute atomic E-state index is 0.149. The Hall–Kier alpha value is -3.08. The number of hydrogen-bond acceptors (Lipinski definition) is 10. The first-order valence-corrected chi connectivity index (χ1v) is 32.3. The minimum atomic E-state index is -4.76. The summed E-state index contributed by atoms with van der Waals surface area (Å²) in [7, 11) is -4.76. The van der Waals surface area contributed by atoms with Crippen LogP contribution in [-0.2, 0) is 42.2 Å². The molecule has 76 heavy (non-hydrogen) atoms. The maximum atomic E-state index is 12.9. The molecule has 0 saturated heterocycles. The Kier molecular flexibility index (Phi) is 55.7. The van der Waals surface area contributed by atoms with Crippen LogP contribution in [0.15, 0.2) is 72.9 Å². The smallest absolute Gasteiger partial charge is 0.462 e. The maximum absolute atomic E-state index is 12.9. The van der Waals surface area contributed by atoms with Gasteiger partial charge >= 0.3 is 25.7 Å². The summed E-state index contributed by atoms with van der Waals surface area (Å²) in [6.45, 7) is 4.58. The summed E-state index contributed by atoms with van der Waals surface area (Å²) in [5, 5.41) is 9.81.